The van der Waals surface area contributed by atoms with Crippen molar-refractivity contribution in [3.05, 3.63) is 170 Å². The first-order valence-corrected chi connectivity index (χ1v) is 39.1. The molecule has 0 rings (SSSR count). The Hall–Kier alpha value is -4.63. The van der Waals surface area contributed by atoms with E-state index in [2.05, 4.69) is 184 Å². The van der Waals surface area contributed by atoms with E-state index in [4.69, 9.17) is 24.3 Å². The number of esters is 2. The highest BCUT2D eigenvalue weighted by Crippen LogP contribution is 2.43. The van der Waals surface area contributed by atoms with Crippen molar-refractivity contribution < 1.29 is 37.6 Å². The molecule has 0 saturated carbocycles. The van der Waals surface area contributed by atoms with Gasteiger partial charge in [-0.25, -0.2) is 4.57 Å². The van der Waals surface area contributed by atoms with Gasteiger partial charge < -0.3 is 20.1 Å². The second kappa shape index (κ2) is 76.4. The molecule has 0 saturated heterocycles. The number of phosphoric ester groups is 1. The second-order valence-corrected chi connectivity index (χ2v) is 25.9. The van der Waals surface area contributed by atoms with E-state index in [0.717, 1.165) is 135 Å². The fourth-order valence-electron chi connectivity index (χ4n) is 10.1. The average molecular weight is 1310 g/mol. The quantitative estimate of drug-likeness (QED) is 0.0264. The summed E-state index contributed by atoms with van der Waals surface area (Å²) in [5, 5.41) is 0. The molecule has 0 heterocycles. The molecule has 0 radical (unpaired) electrons. The highest BCUT2D eigenvalue weighted by Gasteiger charge is 2.26. The molecule has 0 fully saturated rings. The van der Waals surface area contributed by atoms with Gasteiger partial charge >= 0.3 is 19.8 Å². The van der Waals surface area contributed by atoms with E-state index in [1.54, 1.807) is 0 Å². The van der Waals surface area contributed by atoms with E-state index >= 15 is 0 Å². The lowest BCUT2D eigenvalue weighted by molar-refractivity contribution is -0.161. The Morgan fingerprint density at radius 2 is 0.559 bits per heavy atom. The van der Waals surface area contributed by atoms with Crippen LogP contribution >= 0.6 is 7.82 Å². The van der Waals surface area contributed by atoms with Crippen LogP contribution in [-0.4, -0.2) is 49.3 Å². The number of carbonyl (C=O) groups is 2. The van der Waals surface area contributed by atoms with Gasteiger partial charge in [0.25, 0.3) is 0 Å². The van der Waals surface area contributed by atoms with E-state index in [1.807, 2.05) is 0 Å². The van der Waals surface area contributed by atoms with E-state index in [-0.39, 0.29) is 38.6 Å². The van der Waals surface area contributed by atoms with Crippen molar-refractivity contribution in [3.63, 3.8) is 0 Å². The summed E-state index contributed by atoms with van der Waals surface area (Å²) in [6.07, 6.45) is 113. The largest absolute Gasteiger partial charge is 0.472 e. The molecule has 93 heavy (non-hydrogen) atoms. The lowest BCUT2D eigenvalue weighted by atomic mass is 10.0. The van der Waals surface area contributed by atoms with Crippen molar-refractivity contribution in [2.24, 2.45) is 5.73 Å². The van der Waals surface area contributed by atoms with Crippen molar-refractivity contribution in [2.75, 3.05) is 26.4 Å². The third kappa shape index (κ3) is 76.3. The molecular weight excluding hydrogens is 1170 g/mol. The van der Waals surface area contributed by atoms with E-state index < -0.39 is 26.5 Å². The van der Waals surface area contributed by atoms with Gasteiger partial charge in [-0.1, -0.05) is 338 Å². The Labute approximate surface area is 571 Å². The molecule has 2 unspecified atom stereocenters. The Morgan fingerprint density at radius 1 is 0.323 bits per heavy atom. The van der Waals surface area contributed by atoms with Gasteiger partial charge in [-0.2, -0.15) is 0 Å². The summed E-state index contributed by atoms with van der Waals surface area (Å²) in [6, 6.07) is 0. The number of rotatable bonds is 69. The fraction of sp³-hybridized carbons (Fsp3) is 0.639. The topological polar surface area (TPSA) is 134 Å². The summed E-state index contributed by atoms with van der Waals surface area (Å²) in [5.74, 6) is -0.832. The molecule has 0 aliphatic heterocycles. The number of phosphoric acid groups is 1. The molecule has 0 spiro atoms. The smallest absolute Gasteiger partial charge is 0.462 e. The Kier molecular flexibility index (Phi) is 72.6. The third-order valence-corrected chi connectivity index (χ3v) is 16.6. The number of unbranched alkanes of at least 4 members (excludes halogenated alkanes) is 28. The van der Waals surface area contributed by atoms with Crippen LogP contribution in [0.4, 0.5) is 0 Å². The predicted molar refractivity (Wildman–Crippen MR) is 403 cm³/mol. The highest BCUT2D eigenvalue weighted by atomic mass is 31.2. The predicted octanol–water partition coefficient (Wildman–Crippen LogP) is 25.3. The molecule has 9 nitrogen and oxygen atoms in total. The SMILES string of the molecule is CC/C=C\C/C=C\C/C=C\C/C=C\C/C=C\C/C=C\C/C=C\C/C=C\C/C=C\C/C=C\CCCCCCCCCCCCC(=O)OC(COC(=O)CCCCCCCCCCCCCCCCCCCC/C=C\C/C=C\C/C=C\C/C=C\CC)COP(=O)(O)OCCN. The fourth-order valence-corrected chi connectivity index (χ4v) is 10.9. The van der Waals surface area contributed by atoms with Gasteiger partial charge in [0.2, 0.25) is 0 Å². The van der Waals surface area contributed by atoms with Crippen LogP contribution in [0.15, 0.2) is 170 Å². The standard InChI is InChI=1S/C83H138NO8P/c1-3-5-7-9-11-13-15-17-19-21-23-25-27-29-31-33-35-36-37-38-39-40-41-42-43-44-46-48-50-52-54-56-58-60-62-64-66-68-70-72-74-76-83(86)92-81(80-91-93(87,88)90-78-77-84)79-89-82(85)75-73-71-69-67-65-63-61-59-57-55-53-51-49-47-45-34-32-30-28-26-24-22-20-18-16-14-12-10-8-6-4-2/h5-8,11-14,17-20,23-26,29,31,35-36,38-39,41-42,44,46,50,52,81H,3-4,9-10,15-16,21-22,27-28,30,32-34,37,40,43,45,47-49,51,53-80,84H2,1-2H3,(H,87,88)/b7-5-,8-6-,13-11-,14-12-,19-17-,20-18-,25-23-,26-24-,31-29-,36-35-,39-38-,42-41-,46-44-,52-50-. The summed E-state index contributed by atoms with van der Waals surface area (Å²) in [5.41, 5.74) is 5.41. The van der Waals surface area contributed by atoms with Crippen molar-refractivity contribution in [3.8, 4) is 0 Å². The number of ether oxygens (including phenoxy) is 2. The summed E-state index contributed by atoms with van der Waals surface area (Å²) in [6.45, 7) is 3.53. The van der Waals surface area contributed by atoms with Crippen LogP contribution in [0.25, 0.3) is 0 Å². The van der Waals surface area contributed by atoms with Crippen molar-refractivity contribution in [2.45, 2.75) is 315 Å². The maximum absolute atomic E-state index is 12.8. The molecule has 2 atom stereocenters. The average Bonchev–Trinajstić information content (AvgIpc) is 3.49. The normalized spacial score (nSPS) is 13.9. The summed E-state index contributed by atoms with van der Waals surface area (Å²) in [4.78, 5) is 35.4. The molecule has 0 bridgehead atoms. The van der Waals surface area contributed by atoms with Crippen molar-refractivity contribution >= 4 is 19.8 Å². The van der Waals surface area contributed by atoms with E-state index in [0.29, 0.717) is 6.42 Å². The third-order valence-electron chi connectivity index (χ3n) is 15.6. The molecule has 0 aliphatic rings. The number of hydrogen-bond donors (Lipinski definition) is 2. The molecule has 0 aromatic carbocycles. The van der Waals surface area contributed by atoms with Crippen LogP contribution in [0.2, 0.25) is 0 Å². The van der Waals surface area contributed by atoms with E-state index in [9.17, 15) is 19.0 Å². The van der Waals surface area contributed by atoms with E-state index in [1.165, 1.54) is 141 Å². The molecule has 10 heteroatoms. The van der Waals surface area contributed by atoms with Gasteiger partial charge in [0.05, 0.1) is 13.2 Å². The zero-order chi connectivity index (χ0) is 67.2. The van der Waals surface area contributed by atoms with Gasteiger partial charge in [-0.15, -0.1) is 0 Å². The Morgan fingerprint density at radius 3 is 0.828 bits per heavy atom. The first-order valence-electron chi connectivity index (χ1n) is 37.6. The molecule has 3 N–H and O–H groups in total. The van der Waals surface area contributed by atoms with Crippen molar-refractivity contribution in [1.29, 1.82) is 0 Å². The number of carbonyl (C=O) groups excluding carboxylic acids is 2. The maximum Gasteiger partial charge on any atom is 0.472 e. The van der Waals surface area contributed by atoms with Crippen LogP contribution in [0.1, 0.15) is 309 Å². The van der Waals surface area contributed by atoms with Gasteiger partial charge in [-0.05, 0) is 128 Å². The van der Waals surface area contributed by atoms with Gasteiger partial charge in [-0.3, -0.25) is 18.6 Å². The first kappa shape index (κ1) is 88.4. The molecular formula is C83H138NO8P. The number of hydrogen-bond acceptors (Lipinski definition) is 8. The van der Waals surface area contributed by atoms with Gasteiger partial charge in [0.1, 0.15) is 6.61 Å². The zero-order valence-electron chi connectivity index (χ0n) is 59.4. The highest BCUT2D eigenvalue weighted by molar-refractivity contribution is 7.47. The molecule has 0 aromatic rings. The second-order valence-electron chi connectivity index (χ2n) is 24.4. The molecule has 0 aromatic heterocycles. The molecule has 528 valence electrons. The Bertz CT molecular complexity index is 2140. The van der Waals surface area contributed by atoms with Crippen LogP contribution in [0.5, 0.6) is 0 Å². The summed E-state index contributed by atoms with van der Waals surface area (Å²) < 4.78 is 33.2. The monoisotopic (exact) mass is 1310 g/mol. The lowest BCUT2D eigenvalue weighted by Crippen LogP contribution is -2.29. The number of nitrogens with two attached hydrogens (primary N) is 1. The molecule has 0 amide bonds. The summed E-state index contributed by atoms with van der Waals surface area (Å²) >= 11 is 0. The number of allylic oxidation sites excluding steroid dienone is 28. The lowest BCUT2D eigenvalue weighted by Gasteiger charge is -2.19. The Balaban J connectivity index is 3.91. The zero-order valence-corrected chi connectivity index (χ0v) is 60.3. The van der Waals surface area contributed by atoms with Crippen LogP contribution < -0.4 is 5.73 Å². The first-order chi connectivity index (χ1) is 45.8. The minimum atomic E-state index is -4.41. The van der Waals surface area contributed by atoms with Crippen LogP contribution in [0.3, 0.4) is 0 Å². The molecule has 0 aliphatic carbocycles. The van der Waals surface area contributed by atoms with Crippen molar-refractivity contribution in [1.82, 2.24) is 0 Å². The van der Waals surface area contributed by atoms with Crippen LogP contribution in [0, 0.1) is 0 Å². The van der Waals surface area contributed by atoms with Gasteiger partial charge in [0.15, 0.2) is 6.10 Å². The summed E-state index contributed by atoms with van der Waals surface area (Å²) in [7, 11) is -4.41. The maximum atomic E-state index is 12.8. The minimum absolute atomic E-state index is 0.0465. The minimum Gasteiger partial charge on any atom is -0.462 e. The van der Waals surface area contributed by atoms with Gasteiger partial charge in [0, 0.05) is 19.4 Å². The van der Waals surface area contributed by atoms with Crippen LogP contribution in [-0.2, 0) is 32.7 Å².